The molecule has 1 N–H and O–H groups in total. The van der Waals surface area contributed by atoms with Crippen molar-refractivity contribution < 1.29 is 14.6 Å². The summed E-state index contributed by atoms with van der Waals surface area (Å²) in [4.78, 5) is 0. The van der Waals surface area contributed by atoms with E-state index in [0.717, 1.165) is 14.9 Å². The van der Waals surface area contributed by atoms with E-state index in [9.17, 15) is 5.11 Å². The monoisotopic (exact) mass is 308 g/mol. The van der Waals surface area contributed by atoms with Crippen LogP contribution in [-0.4, -0.2) is 18.5 Å². The van der Waals surface area contributed by atoms with E-state index in [0.29, 0.717) is 12.4 Å². The van der Waals surface area contributed by atoms with E-state index in [1.165, 1.54) is 0 Å². The Morgan fingerprint density at radius 2 is 2.14 bits per heavy atom. The Balaban J connectivity index is 2.69. The number of phenolic OH excluding ortho intramolecular Hbond substituents is 1. The van der Waals surface area contributed by atoms with Crippen LogP contribution in [0.3, 0.4) is 0 Å². The molecule has 0 atom stereocenters. The largest absolute Gasteiger partial charge is 0.507 e. The Bertz CT molecular complexity index is 289. The Kier molecular flexibility index (Phi) is 4.47. The Hall–Kier alpha value is -0.490. The second-order valence-corrected chi connectivity index (χ2v) is 3.99. The highest BCUT2D eigenvalue weighted by Crippen LogP contribution is 2.28. The molecule has 0 saturated heterocycles. The van der Waals surface area contributed by atoms with Crippen LogP contribution in [0, 0.1) is 10.5 Å². The van der Waals surface area contributed by atoms with Gasteiger partial charge in [-0.2, -0.15) is 0 Å². The van der Waals surface area contributed by atoms with E-state index in [-0.39, 0.29) is 6.79 Å². The molecule has 1 rings (SSSR count). The summed E-state index contributed by atoms with van der Waals surface area (Å²) in [7, 11) is 0. The number of benzene rings is 1. The predicted molar refractivity (Wildman–Crippen MR) is 62.7 cm³/mol. The minimum absolute atomic E-state index is 0.247. The second-order valence-electron chi connectivity index (χ2n) is 2.83. The van der Waals surface area contributed by atoms with Crippen molar-refractivity contribution in [3.8, 4) is 11.5 Å². The van der Waals surface area contributed by atoms with E-state index in [1.807, 2.05) is 13.8 Å². The maximum Gasteiger partial charge on any atom is 0.189 e. The third kappa shape index (κ3) is 3.02. The first-order valence-corrected chi connectivity index (χ1v) is 5.42. The van der Waals surface area contributed by atoms with Crippen LogP contribution in [0.4, 0.5) is 0 Å². The Morgan fingerprint density at radius 3 is 2.71 bits per heavy atom. The molecular formula is C10H13IO3. The van der Waals surface area contributed by atoms with Crippen LogP contribution >= 0.6 is 22.6 Å². The van der Waals surface area contributed by atoms with Crippen molar-refractivity contribution in [3.63, 3.8) is 0 Å². The van der Waals surface area contributed by atoms with Gasteiger partial charge in [0.1, 0.15) is 11.5 Å². The smallest absolute Gasteiger partial charge is 0.189 e. The summed E-state index contributed by atoms with van der Waals surface area (Å²) in [6.45, 7) is 4.63. The lowest BCUT2D eigenvalue weighted by Gasteiger charge is -2.08. The molecule has 14 heavy (non-hydrogen) atoms. The summed E-state index contributed by atoms with van der Waals surface area (Å²) in [5, 5.41) is 9.51. The third-order valence-corrected chi connectivity index (χ3v) is 2.56. The minimum Gasteiger partial charge on any atom is -0.507 e. The first-order chi connectivity index (χ1) is 6.65. The van der Waals surface area contributed by atoms with Gasteiger partial charge in [-0.15, -0.1) is 0 Å². The Labute approximate surface area is 97.2 Å². The second kappa shape index (κ2) is 5.41. The van der Waals surface area contributed by atoms with Crippen molar-refractivity contribution in [2.45, 2.75) is 13.8 Å². The van der Waals surface area contributed by atoms with Crippen LogP contribution < -0.4 is 4.74 Å². The van der Waals surface area contributed by atoms with Crippen molar-refractivity contribution >= 4 is 22.6 Å². The lowest BCUT2D eigenvalue weighted by Crippen LogP contribution is -2.02. The maximum atomic E-state index is 9.51. The first kappa shape index (κ1) is 11.6. The highest BCUT2D eigenvalue weighted by Gasteiger charge is 2.04. The van der Waals surface area contributed by atoms with Crippen LogP contribution in [0.5, 0.6) is 11.5 Å². The van der Waals surface area contributed by atoms with Gasteiger partial charge in [0.25, 0.3) is 0 Å². The number of aryl methyl sites for hydroxylation is 1. The average molecular weight is 308 g/mol. The van der Waals surface area contributed by atoms with Crippen molar-refractivity contribution in [1.82, 2.24) is 0 Å². The van der Waals surface area contributed by atoms with Gasteiger partial charge in [-0.05, 0) is 54.1 Å². The minimum atomic E-state index is 0.247. The molecule has 0 unspecified atom stereocenters. The number of hydrogen-bond acceptors (Lipinski definition) is 3. The quantitative estimate of drug-likeness (QED) is 0.528. The molecule has 4 heteroatoms. The summed E-state index contributed by atoms with van der Waals surface area (Å²) >= 11 is 2.07. The van der Waals surface area contributed by atoms with E-state index in [1.54, 1.807) is 12.1 Å². The van der Waals surface area contributed by atoms with Crippen molar-refractivity contribution in [1.29, 1.82) is 0 Å². The van der Waals surface area contributed by atoms with Crippen LogP contribution in [0.15, 0.2) is 12.1 Å². The van der Waals surface area contributed by atoms with Crippen LogP contribution in [0.1, 0.15) is 12.5 Å². The van der Waals surface area contributed by atoms with Crippen molar-refractivity contribution in [2.24, 2.45) is 0 Å². The molecule has 0 spiro atoms. The molecular weight excluding hydrogens is 295 g/mol. The van der Waals surface area contributed by atoms with Gasteiger partial charge in [-0.1, -0.05) is 0 Å². The van der Waals surface area contributed by atoms with Gasteiger partial charge in [-0.3, -0.25) is 0 Å². The van der Waals surface area contributed by atoms with E-state index in [4.69, 9.17) is 9.47 Å². The van der Waals surface area contributed by atoms with Crippen LogP contribution in [0.2, 0.25) is 0 Å². The van der Waals surface area contributed by atoms with E-state index < -0.39 is 0 Å². The van der Waals surface area contributed by atoms with Crippen molar-refractivity contribution in [2.75, 3.05) is 13.4 Å². The van der Waals surface area contributed by atoms with E-state index in [2.05, 4.69) is 22.6 Å². The maximum absolute atomic E-state index is 9.51. The number of halogens is 1. The molecule has 0 aliphatic carbocycles. The fourth-order valence-electron chi connectivity index (χ4n) is 0.981. The lowest BCUT2D eigenvalue weighted by molar-refractivity contribution is 0.0223. The molecule has 0 heterocycles. The highest BCUT2D eigenvalue weighted by molar-refractivity contribution is 14.1. The SMILES string of the molecule is CCOCOc1cc(C)c(O)c(I)c1. The van der Waals surface area contributed by atoms with Crippen molar-refractivity contribution in [3.05, 3.63) is 21.3 Å². The molecule has 0 bridgehead atoms. The number of ether oxygens (including phenoxy) is 2. The van der Waals surface area contributed by atoms with Gasteiger partial charge in [0.05, 0.1) is 3.57 Å². The molecule has 0 fully saturated rings. The normalized spacial score (nSPS) is 10.2. The summed E-state index contributed by atoms with van der Waals surface area (Å²) in [5.41, 5.74) is 0.809. The molecule has 0 amide bonds. The zero-order chi connectivity index (χ0) is 10.6. The average Bonchev–Trinajstić information content (AvgIpc) is 2.14. The standard InChI is InChI=1S/C10H13IO3/c1-3-13-6-14-8-4-7(2)10(12)9(11)5-8/h4-5,12H,3,6H2,1-2H3. The first-order valence-electron chi connectivity index (χ1n) is 4.34. The molecule has 0 aliphatic heterocycles. The summed E-state index contributed by atoms with van der Waals surface area (Å²) < 4.78 is 11.2. The molecule has 0 aromatic heterocycles. The fourth-order valence-corrected chi connectivity index (χ4v) is 1.71. The molecule has 78 valence electrons. The number of aromatic hydroxyl groups is 1. The molecule has 1 aromatic rings. The van der Waals surface area contributed by atoms with Gasteiger partial charge in [0.15, 0.2) is 6.79 Å². The summed E-state index contributed by atoms with van der Waals surface area (Å²) in [5.74, 6) is 1.03. The van der Waals surface area contributed by atoms with Crippen LogP contribution in [0.25, 0.3) is 0 Å². The summed E-state index contributed by atoms with van der Waals surface area (Å²) in [6.07, 6.45) is 0. The molecule has 0 radical (unpaired) electrons. The van der Waals surface area contributed by atoms with Gasteiger partial charge >= 0.3 is 0 Å². The fraction of sp³-hybridized carbons (Fsp3) is 0.400. The third-order valence-electron chi connectivity index (χ3n) is 1.74. The van der Waals surface area contributed by atoms with Gasteiger partial charge < -0.3 is 14.6 Å². The zero-order valence-corrected chi connectivity index (χ0v) is 10.4. The van der Waals surface area contributed by atoms with E-state index >= 15 is 0 Å². The number of phenols is 1. The number of rotatable bonds is 4. The lowest BCUT2D eigenvalue weighted by atomic mass is 10.2. The van der Waals surface area contributed by atoms with Gasteiger partial charge in [-0.25, -0.2) is 0 Å². The summed E-state index contributed by atoms with van der Waals surface area (Å²) in [6, 6.07) is 3.57. The molecule has 1 aromatic carbocycles. The van der Waals surface area contributed by atoms with Crippen LogP contribution in [-0.2, 0) is 4.74 Å². The topological polar surface area (TPSA) is 38.7 Å². The predicted octanol–water partition coefficient (Wildman–Crippen LogP) is 2.68. The molecule has 0 saturated carbocycles. The Morgan fingerprint density at radius 1 is 1.43 bits per heavy atom. The molecule has 0 aliphatic rings. The highest BCUT2D eigenvalue weighted by atomic mass is 127. The van der Waals surface area contributed by atoms with Gasteiger partial charge in [0, 0.05) is 6.61 Å². The molecule has 3 nitrogen and oxygen atoms in total. The number of hydrogen-bond donors (Lipinski definition) is 1. The van der Waals surface area contributed by atoms with Gasteiger partial charge in [0.2, 0.25) is 0 Å². The zero-order valence-electron chi connectivity index (χ0n) is 8.21.